The maximum Gasteiger partial charge on any atom is 0.328 e. The molecule has 0 bridgehead atoms. The van der Waals surface area contributed by atoms with Crippen molar-refractivity contribution in [3.05, 3.63) is 12.7 Å². The fourth-order valence-corrected chi connectivity index (χ4v) is 0.869. The maximum absolute atomic E-state index is 11.2. The minimum atomic E-state index is -0.602. The highest BCUT2D eigenvalue weighted by molar-refractivity contribution is 5.83. The van der Waals surface area contributed by atoms with E-state index >= 15 is 0 Å². The fraction of sp³-hybridized carbons (Fsp3) is 0.556. The van der Waals surface area contributed by atoms with E-state index in [-0.39, 0.29) is 5.91 Å². The minimum Gasteiger partial charge on any atom is -0.464 e. The van der Waals surface area contributed by atoms with Gasteiger partial charge in [0.2, 0.25) is 5.91 Å². The van der Waals surface area contributed by atoms with Gasteiger partial charge in [-0.2, -0.15) is 0 Å². The lowest BCUT2D eigenvalue weighted by molar-refractivity contribution is -0.147. The first kappa shape index (κ1) is 11.7. The average molecular weight is 185 g/mol. The van der Waals surface area contributed by atoms with Crippen LogP contribution in [-0.2, 0) is 14.3 Å². The molecular formula is C9H15NO3. The summed E-state index contributed by atoms with van der Waals surface area (Å²) >= 11 is 0. The molecule has 0 saturated carbocycles. The first-order valence-corrected chi connectivity index (χ1v) is 4.16. The molecule has 74 valence electrons. The summed E-state index contributed by atoms with van der Waals surface area (Å²) < 4.78 is 4.76. The number of amides is 1. The molecule has 0 fully saturated rings. The molecular weight excluding hydrogens is 170 g/mol. The molecule has 0 aliphatic carbocycles. The van der Waals surface area contributed by atoms with Crippen LogP contribution in [0.25, 0.3) is 0 Å². The Morgan fingerprint density at radius 1 is 1.62 bits per heavy atom. The molecule has 13 heavy (non-hydrogen) atoms. The Balaban J connectivity index is 4.13. The van der Waals surface area contributed by atoms with Crippen LogP contribution in [0.1, 0.15) is 20.3 Å². The summed E-state index contributed by atoms with van der Waals surface area (Å²) in [6, 6.07) is -0.602. The molecule has 0 aromatic rings. The third-order valence-electron chi connectivity index (χ3n) is 1.35. The summed E-state index contributed by atoms with van der Waals surface area (Å²) in [5, 5.41) is 2.48. The average Bonchev–Trinajstić information content (AvgIpc) is 2.03. The summed E-state index contributed by atoms with van der Waals surface area (Å²) in [6.07, 6.45) is 1.95. The predicted molar refractivity (Wildman–Crippen MR) is 49.1 cm³/mol. The number of ether oxygens (including phenoxy) is 1. The predicted octanol–water partition coefficient (Wildman–Crippen LogP) is 0.630. The van der Waals surface area contributed by atoms with E-state index in [2.05, 4.69) is 11.9 Å². The summed E-state index contributed by atoms with van der Waals surface area (Å²) in [5.41, 5.74) is 0. The van der Waals surface area contributed by atoms with Gasteiger partial charge in [-0.15, -0.1) is 6.58 Å². The van der Waals surface area contributed by atoms with Crippen molar-refractivity contribution in [2.45, 2.75) is 26.3 Å². The van der Waals surface area contributed by atoms with E-state index < -0.39 is 12.0 Å². The molecule has 4 heteroatoms. The van der Waals surface area contributed by atoms with Crippen LogP contribution in [-0.4, -0.2) is 24.5 Å². The zero-order valence-corrected chi connectivity index (χ0v) is 8.00. The largest absolute Gasteiger partial charge is 0.464 e. The first-order valence-electron chi connectivity index (χ1n) is 4.16. The second kappa shape index (κ2) is 6.22. The molecule has 0 spiro atoms. The highest BCUT2D eigenvalue weighted by atomic mass is 16.5. The number of esters is 1. The van der Waals surface area contributed by atoms with Crippen LogP contribution in [0, 0.1) is 0 Å². The van der Waals surface area contributed by atoms with Gasteiger partial charge in [0.15, 0.2) is 0 Å². The van der Waals surface area contributed by atoms with Gasteiger partial charge < -0.3 is 10.1 Å². The normalized spacial score (nSPS) is 11.5. The monoisotopic (exact) mass is 185 g/mol. The molecule has 0 aliphatic rings. The Morgan fingerprint density at radius 2 is 2.23 bits per heavy atom. The van der Waals surface area contributed by atoms with Crippen LogP contribution >= 0.6 is 0 Å². The molecule has 0 saturated heterocycles. The van der Waals surface area contributed by atoms with Crippen LogP contribution in [0.2, 0.25) is 0 Å². The van der Waals surface area contributed by atoms with E-state index in [9.17, 15) is 9.59 Å². The van der Waals surface area contributed by atoms with Gasteiger partial charge in [0.05, 0.1) is 6.61 Å². The Morgan fingerprint density at radius 3 is 2.62 bits per heavy atom. The van der Waals surface area contributed by atoms with E-state index in [1.165, 1.54) is 6.92 Å². The number of nitrogens with one attached hydrogen (secondary N) is 1. The number of carbonyl (C=O) groups is 2. The van der Waals surface area contributed by atoms with Crippen LogP contribution in [0.15, 0.2) is 12.7 Å². The molecule has 1 atom stereocenters. The van der Waals surface area contributed by atoms with Crippen molar-refractivity contribution in [3.8, 4) is 0 Å². The van der Waals surface area contributed by atoms with Gasteiger partial charge in [0.1, 0.15) is 6.04 Å². The Labute approximate surface area is 78.0 Å². The molecule has 0 aliphatic heterocycles. The second-order valence-corrected chi connectivity index (χ2v) is 2.53. The van der Waals surface area contributed by atoms with E-state index in [0.29, 0.717) is 13.0 Å². The van der Waals surface area contributed by atoms with Crippen molar-refractivity contribution in [2.75, 3.05) is 6.61 Å². The smallest absolute Gasteiger partial charge is 0.328 e. The van der Waals surface area contributed by atoms with E-state index in [4.69, 9.17) is 4.74 Å². The Kier molecular flexibility index (Phi) is 5.59. The van der Waals surface area contributed by atoms with Gasteiger partial charge in [-0.05, 0) is 13.3 Å². The van der Waals surface area contributed by atoms with Crippen LogP contribution in [0.3, 0.4) is 0 Å². The third-order valence-corrected chi connectivity index (χ3v) is 1.35. The van der Waals surface area contributed by atoms with Crippen molar-refractivity contribution >= 4 is 11.9 Å². The lowest BCUT2D eigenvalue weighted by atomic mass is 10.2. The molecule has 0 aromatic carbocycles. The van der Waals surface area contributed by atoms with Gasteiger partial charge in [-0.25, -0.2) is 4.79 Å². The molecule has 1 unspecified atom stereocenters. The zero-order valence-electron chi connectivity index (χ0n) is 8.00. The fourth-order valence-electron chi connectivity index (χ4n) is 0.869. The Hall–Kier alpha value is -1.32. The van der Waals surface area contributed by atoms with Gasteiger partial charge >= 0.3 is 5.97 Å². The van der Waals surface area contributed by atoms with Gasteiger partial charge in [0.25, 0.3) is 0 Å². The number of hydrogen-bond acceptors (Lipinski definition) is 3. The summed E-state index contributed by atoms with van der Waals surface area (Å²) in [5.74, 6) is -0.669. The van der Waals surface area contributed by atoms with Crippen LogP contribution in [0.5, 0.6) is 0 Å². The van der Waals surface area contributed by atoms with E-state index in [1.54, 1.807) is 13.0 Å². The second-order valence-electron chi connectivity index (χ2n) is 2.53. The molecule has 4 nitrogen and oxygen atoms in total. The standard InChI is InChI=1S/C9H15NO3/c1-4-6-8(10-7(3)11)9(12)13-5-2/h4,8H,1,5-6H2,2-3H3,(H,10,11). The number of carbonyl (C=O) groups excluding carboxylic acids is 2. The van der Waals surface area contributed by atoms with Crippen LogP contribution in [0.4, 0.5) is 0 Å². The van der Waals surface area contributed by atoms with Crippen molar-refractivity contribution in [3.63, 3.8) is 0 Å². The molecule has 0 heterocycles. The topological polar surface area (TPSA) is 55.4 Å². The van der Waals surface area contributed by atoms with Crippen molar-refractivity contribution in [1.82, 2.24) is 5.32 Å². The lowest BCUT2D eigenvalue weighted by Gasteiger charge is -2.13. The molecule has 1 amide bonds. The SMILES string of the molecule is C=CCC(NC(C)=O)C(=O)OCC. The third kappa shape index (κ3) is 5.00. The highest BCUT2D eigenvalue weighted by Crippen LogP contribution is 1.96. The van der Waals surface area contributed by atoms with Crippen molar-refractivity contribution in [1.29, 1.82) is 0 Å². The zero-order chi connectivity index (χ0) is 10.3. The maximum atomic E-state index is 11.2. The number of rotatable bonds is 5. The van der Waals surface area contributed by atoms with Crippen molar-refractivity contribution < 1.29 is 14.3 Å². The molecule has 0 aromatic heterocycles. The molecule has 0 rings (SSSR count). The number of hydrogen-bond donors (Lipinski definition) is 1. The Bertz CT molecular complexity index is 201. The van der Waals surface area contributed by atoms with Gasteiger partial charge in [-0.1, -0.05) is 6.08 Å². The highest BCUT2D eigenvalue weighted by Gasteiger charge is 2.18. The minimum absolute atomic E-state index is 0.250. The quantitative estimate of drug-likeness (QED) is 0.505. The summed E-state index contributed by atoms with van der Waals surface area (Å²) in [7, 11) is 0. The summed E-state index contributed by atoms with van der Waals surface area (Å²) in [6.45, 7) is 6.88. The van der Waals surface area contributed by atoms with Crippen LogP contribution < -0.4 is 5.32 Å². The molecule has 0 radical (unpaired) electrons. The molecule has 1 N–H and O–H groups in total. The first-order chi connectivity index (χ1) is 6.11. The summed E-state index contributed by atoms with van der Waals surface area (Å²) in [4.78, 5) is 21.9. The van der Waals surface area contributed by atoms with Gasteiger partial charge in [0, 0.05) is 6.92 Å². The van der Waals surface area contributed by atoms with E-state index in [1.807, 2.05) is 0 Å². The van der Waals surface area contributed by atoms with Crippen molar-refractivity contribution in [2.24, 2.45) is 0 Å². The lowest BCUT2D eigenvalue weighted by Crippen LogP contribution is -2.40. The van der Waals surface area contributed by atoms with E-state index in [0.717, 1.165) is 0 Å². The van der Waals surface area contributed by atoms with Gasteiger partial charge in [-0.3, -0.25) is 4.79 Å².